The van der Waals surface area contributed by atoms with Crippen molar-refractivity contribution in [3.05, 3.63) is 24.0 Å². The number of pyridine rings is 1. The zero-order chi connectivity index (χ0) is 10.9. The van der Waals surface area contributed by atoms with Crippen LogP contribution in [-0.4, -0.2) is 21.7 Å². The minimum Gasteiger partial charge on any atom is -0.477 e. The van der Waals surface area contributed by atoms with Gasteiger partial charge in [0.05, 0.1) is 0 Å². The third kappa shape index (κ3) is 1.91. The number of rotatable bonds is 3. The van der Waals surface area contributed by atoms with E-state index in [0.717, 1.165) is 12.8 Å². The van der Waals surface area contributed by atoms with Gasteiger partial charge >= 0.3 is 5.97 Å². The number of nitrogens with zero attached hydrogens (tertiary/aromatic N) is 1. The van der Waals surface area contributed by atoms with Gasteiger partial charge < -0.3 is 9.84 Å². The van der Waals surface area contributed by atoms with Gasteiger partial charge in [-0.3, -0.25) is 0 Å². The Hall–Kier alpha value is -2.02. The molecule has 0 aliphatic heterocycles. The van der Waals surface area contributed by atoms with Gasteiger partial charge in [0, 0.05) is 25.1 Å². The molecule has 4 heteroatoms. The SMILES string of the molecule is C#CC1(Oc2ccnc(C(=O)O)c2)CC1. The second-order valence-corrected chi connectivity index (χ2v) is 3.42. The fourth-order valence-corrected chi connectivity index (χ4v) is 1.21. The standard InChI is InChI=1S/C11H9NO3/c1-2-11(4-5-11)15-8-3-6-12-9(7-8)10(13)14/h1,3,6-7H,4-5H2,(H,13,14). The monoisotopic (exact) mass is 203 g/mol. The van der Waals surface area contributed by atoms with E-state index in [1.807, 2.05) is 0 Å². The smallest absolute Gasteiger partial charge is 0.354 e. The highest BCUT2D eigenvalue weighted by molar-refractivity contribution is 5.85. The van der Waals surface area contributed by atoms with Crippen molar-refractivity contribution in [2.75, 3.05) is 0 Å². The number of ether oxygens (including phenoxy) is 1. The van der Waals surface area contributed by atoms with E-state index in [1.165, 1.54) is 12.3 Å². The molecule has 15 heavy (non-hydrogen) atoms. The summed E-state index contributed by atoms with van der Waals surface area (Å²) in [5.41, 5.74) is -0.558. The molecule has 4 nitrogen and oxygen atoms in total. The number of hydrogen-bond acceptors (Lipinski definition) is 3. The molecule has 0 unspecified atom stereocenters. The van der Waals surface area contributed by atoms with Crippen molar-refractivity contribution in [1.82, 2.24) is 4.98 Å². The average molecular weight is 203 g/mol. The van der Waals surface area contributed by atoms with Gasteiger partial charge in [-0.2, -0.15) is 0 Å². The predicted molar refractivity (Wildman–Crippen MR) is 52.6 cm³/mol. The zero-order valence-corrected chi connectivity index (χ0v) is 7.93. The number of carbonyl (C=O) groups is 1. The summed E-state index contributed by atoms with van der Waals surface area (Å²) in [6, 6.07) is 2.98. The van der Waals surface area contributed by atoms with Crippen LogP contribution < -0.4 is 4.74 Å². The fraction of sp³-hybridized carbons (Fsp3) is 0.273. The number of aromatic nitrogens is 1. The van der Waals surface area contributed by atoms with Crippen molar-refractivity contribution in [1.29, 1.82) is 0 Å². The van der Waals surface area contributed by atoms with E-state index in [4.69, 9.17) is 16.3 Å². The van der Waals surface area contributed by atoms with Crippen LogP contribution in [0.4, 0.5) is 0 Å². The predicted octanol–water partition coefficient (Wildman–Crippen LogP) is 1.32. The fourth-order valence-electron chi connectivity index (χ4n) is 1.21. The Balaban J connectivity index is 2.19. The van der Waals surface area contributed by atoms with Crippen LogP contribution in [0.3, 0.4) is 0 Å². The van der Waals surface area contributed by atoms with Crippen LogP contribution in [0.15, 0.2) is 18.3 Å². The number of carboxylic acid groups (broad SMARTS) is 1. The van der Waals surface area contributed by atoms with E-state index in [9.17, 15) is 4.79 Å². The van der Waals surface area contributed by atoms with Crippen molar-refractivity contribution in [2.24, 2.45) is 0 Å². The van der Waals surface area contributed by atoms with Gasteiger partial charge in [-0.15, -0.1) is 6.42 Å². The molecule has 76 valence electrons. The first-order chi connectivity index (χ1) is 7.15. The third-order valence-electron chi connectivity index (χ3n) is 2.23. The Bertz CT molecular complexity index is 443. The van der Waals surface area contributed by atoms with Gasteiger partial charge in [-0.25, -0.2) is 9.78 Å². The highest BCUT2D eigenvalue weighted by Gasteiger charge is 2.43. The summed E-state index contributed by atoms with van der Waals surface area (Å²) in [6.45, 7) is 0. The van der Waals surface area contributed by atoms with Crippen LogP contribution >= 0.6 is 0 Å². The first-order valence-corrected chi connectivity index (χ1v) is 4.51. The molecule has 1 N–H and O–H groups in total. The molecule has 0 atom stereocenters. The second kappa shape index (κ2) is 3.28. The Kier molecular flexibility index (Phi) is 2.09. The van der Waals surface area contributed by atoms with E-state index in [-0.39, 0.29) is 5.69 Å². The number of terminal acetylenes is 1. The van der Waals surface area contributed by atoms with Gasteiger partial charge in [-0.1, -0.05) is 5.92 Å². The lowest BCUT2D eigenvalue weighted by Gasteiger charge is -2.11. The normalized spacial score (nSPS) is 16.5. The lowest BCUT2D eigenvalue weighted by atomic mass is 10.3. The lowest BCUT2D eigenvalue weighted by Crippen LogP contribution is -2.15. The molecular weight excluding hydrogens is 194 g/mol. The third-order valence-corrected chi connectivity index (χ3v) is 2.23. The number of hydrogen-bond donors (Lipinski definition) is 1. The molecule has 1 fully saturated rings. The van der Waals surface area contributed by atoms with Crippen molar-refractivity contribution >= 4 is 5.97 Å². The van der Waals surface area contributed by atoms with Crippen molar-refractivity contribution in [3.63, 3.8) is 0 Å². The molecule has 0 aromatic carbocycles. The first-order valence-electron chi connectivity index (χ1n) is 4.51. The van der Waals surface area contributed by atoms with Crippen LogP contribution in [0.5, 0.6) is 5.75 Å². The van der Waals surface area contributed by atoms with Crippen LogP contribution in [-0.2, 0) is 0 Å². The average Bonchev–Trinajstić information content (AvgIpc) is 2.99. The molecular formula is C11H9NO3. The zero-order valence-electron chi connectivity index (χ0n) is 7.93. The van der Waals surface area contributed by atoms with Crippen molar-refractivity contribution < 1.29 is 14.6 Å². The van der Waals surface area contributed by atoms with Gasteiger partial charge in [0.15, 0.2) is 11.3 Å². The van der Waals surface area contributed by atoms with Crippen LogP contribution in [0.25, 0.3) is 0 Å². The van der Waals surface area contributed by atoms with Gasteiger partial charge in [-0.05, 0) is 6.07 Å². The summed E-state index contributed by atoms with van der Waals surface area (Å²) in [6.07, 6.45) is 8.33. The summed E-state index contributed by atoms with van der Waals surface area (Å²) in [5.74, 6) is 1.94. The minimum atomic E-state index is -1.08. The molecule has 1 saturated carbocycles. The molecule has 0 saturated heterocycles. The Labute approximate surface area is 86.9 Å². The molecule has 2 rings (SSSR count). The second-order valence-electron chi connectivity index (χ2n) is 3.42. The van der Waals surface area contributed by atoms with E-state index in [2.05, 4.69) is 10.9 Å². The van der Waals surface area contributed by atoms with Crippen molar-refractivity contribution in [3.8, 4) is 18.1 Å². The highest BCUT2D eigenvalue weighted by Crippen LogP contribution is 2.39. The maximum atomic E-state index is 10.6. The van der Waals surface area contributed by atoms with Gasteiger partial charge in [0.1, 0.15) is 5.75 Å². The van der Waals surface area contributed by atoms with Gasteiger partial charge in [0.25, 0.3) is 0 Å². The van der Waals surface area contributed by atoms with E-state index in [1.54, 1.807) is 6.07 Å². The summed E-state index contributed by atoms with van der Waals surface area (Å²) < 4.78 is 5.51. The largest absolute Gasteiger partial charge is 0.477 e. The van der Waals surface area contributed by atoms with Crippen LogP contribution in [0.2, 0.25) is 0 Å². The van der Waals surface area contributed by atoms with Gasteiger partial charge in [0.2, 0.25) is 0 Å². The lowest BCUT2D eigenvalue weighted by molar-refractivity contribution is 0.0689. The van der Waals surface area contributed by atoms with E-state index < -0.39 is 11.6 Å². The highest BCUT2D eigenvalue weighted by atomic mass is 16.5. The van der Waals surface area contributed by atoms with Crippen LogP contribution in [0, 0.1) is 12.3 Å². The van der Waals surface area contributed by atoms with Crippen LogP contribution in [0.1, 0.15) is 23.3 Å². The Morgan fingerprint density at radius 2 is 2.40 bits per heavy atom. The molecule has 0 amide bonds. The molecule has 0 bridgehead atoms. The van der Waals surface area contributed by atoms with E-state index >= 15 is 0 Å². The molecule has 1 aromatic heterocycles. The molecule has 1 aliphatic rings. The summed E-state index contributed by atoms with van der Waals surface area (Å²) in [4.78, 5) is 14.3. The minimum absolute atomic E-state index is 0.0414. The first kappa shape index (κ1) is 9.53. The maximum Gasteiger partial charge on any atom is 0.354 e. The molecule has 0 radical (unpaired) electrons. The maximum absolute atomic E-state index is 10.6. The molecule has 1 aromatic rings. The molecule has 0 spiro atoms. The quantitative estimate of drug-likeness (QED) is 0.753. The Morgan fingerprint density at radius 3 is 2.93 bits per heavy atom. The summed E-state index contributed by atoms with van der Waals surface area (Å²) >= 11 is 0. The topological polar surface area (TPSA) is 59.4 Å². The summed E-state index contributed by atoms with van der Waals surface area (Å²) in [7, 11) is 0. The number of carboxylic acids is 1. The van der Waals surface area contributed by atoms with E-state index in [0.29, 0.717) is 5.75 Å². The molecule has 1 aliphatic carbocycles. The number of aromatic carboxylic acids is 1. The summed E-state index contributed by atoms with van der Waals surface area (Å²) in [5, 5.41) is 8.72. The van der Waals surface area contributed by atoms with Crippen molar-refractivity contribution in [2.45, 2.75) is 18.4 Å². The molecule has 1 heterocycles. The Morgan fingerprint density at radius 1 is 1.67 bits per heavy atom.